The number of carbonyl (C=O) groups is 1. The molecule has 10 heteroatoms. The van der Waals surface area contributed by atoms with Crippen molar-refractivity contribution < 1.29 is 18.1 Å². The second-order valence-electron chi connectivity index (χ2n) is 7.48. The van der Waals surface area contributed by atoms with Gasteiger partial charge in [-0.3, -0.25) is 19.2 Å². The maximum atomic E-state index is 13.3. The summed E-state index contributed by atoms with van der Waals surface area (Å²) in [7, 11) is 0. The van der Waals surface area contributed by atoms with Crippen LogP contribution in [0.4, 0.5) is 8.78 Å². The Hall–Kier alpha value is -2.49. The van der Waals surface area contributed by atoms with Gasteiger partial charge in [0.15, 0.2) is 0 Å². The van der Waals surface area contributed by atoms with Crippen LogP contribution in [0, 0.1) is 0 Å². The number of hydrogen-bond donors (Lipinski definition) is 1. The van der Waals surface area contributed by atoms with Gasteiger partial charge in [0.1, 0.15) is 5.76 Å². The molecule has 1 saturated heterocycles. The van der Waals surface area contributed by atoms with Crippen molar-refractivity contribution >= 4 is 5.91 Å². The topological polar surface area (TPSA) is 87.4 Å². The molecule has 2 aliphatic rings. The number of aromatic nitrogens is 3. The van der Waals surface area contributed by atoms with Gasteiger partial charge < -0.3 is 9.42 Å². The van der Waals surface area contributed by atoms with E-state index in [4.69, 9.17) is 4.52 Å². The Morgan fingerprint density at radius 3 is 2.71 bits per heavy atom. The predicted octanol–water partition coefficient (Wildman–Crippen LogP) is 1.37. The van der Waals surface area contributed by atoms with Gasteiger partial charge in [-0.1, -0.05) is 0 Å². The molecule has 0 unspecified atom stereocenters. The number of aromatic amines is 1. The first-order valence-corrected chi connectivity index (χ1v) is 9.49. The second kappa shape index (κ2) is 7.50. The lowest BCUT2D eigenvalue weighted by Gasteiger charge is -2.31. The van der Waals surface area contributed by atoms with Crippen LogP contribution in [-0.2, 0) is 30.8 Å². The molecule has 0 bridgehead atoms. The Kier molecular flexibility index (Phi) is 5.05. The van der Waals surface area contributed by atoms with E-state index in [2.05, 4.69) is 10.3 Å². The van der Waals surface area contributed by atoms with E-state index in [-0.39, 0.29) is 30.7 Å². The molecule has 8 nitrogen and oxygen atoms in total. The summed E-state index contributed by atoms with van der Waals surface area (Å²) in [6, 6.07) is 3.30. The summed E-state index contributed by atoms with van der Waals surface area (Å²) in [6.45, 7) is 2.94. The van der Waals surface area contributed by atoms with Crippen molar-refractivity contribution in [2.75, 3.05) is 19.6 Å². The summed E-state index contributed by atoms with van der Waals surface area (Å²) in [5.74, 6) is -2.08. The van der Waals surface area contributed by atoms with Crippen LogP contribution in [0.3, 0.4) is 0 Å². The molecule has 1 fully saturated rings. The molecule has 2 aromatic rings. The number of H-pyrrole nitrogens is 1. The highest BCUT2D eigenvalue weighted by Crippen LogP contribution is 2.28. The first kappa shape index (κ1) is 18.9. The Morgan fingerprint density at radius 1 is 1.21 bits per heavy atom. The number of carbonyl (C=O) groups excluding carboxylic acids is 1. The lowest BCUT2D eigenvalue weighted by Crippen LogP contribution is -2.39. The van der Waals surface area contributed by atoms with E-state index in [1.807, 2.05) is 15.6 Å². The third-order valence-electron chi connectivity index (χ3n) is 5.33. The average molecular weight is 395 g/mol. The van der Waals surface area contributed by atoms with E-state index in [0.717, 1.165) is 11.4 Å². The van der Waals surface area contributed by atoms with Gasteiger partial charge in [0.2, 0.25) is 5.91 Å². The average Bonchev–Trinajstić information content (AvgIpc) is 3.26. The maximum absolute atomic E-state index is 13.3. The number of fused-ring (bicyclic) bond motifs is 1. The number of amides is 1. The van der Waals surface area contributed by atoms with Crippen LogP contribution in [0.1, 0.15) is 36.4 Å². The molecular formula is C18H23F2N5O3. The fraction of sp³-hybridized carbons (Fsp3) is 0.611. The summed E-state index contributed by atoms with van der Waals surface area (Å²) in [5.41, 5.74) is 1.49. The fourth-order valence-electron chi connectivity index (χ4n) is 3.72. The molecule has 0 aliphatic carbocycles. The van der Waals surface area contributed by atoms with E-state index in [0.29, 0.717) is 51.4 Å². The molecule has 28 heavy (non-hydrogen) atoms. The molecule has 0 saturated carbocycles. The van der Waals surface area contributed by atoms with E-state index in [9.17, 15) is 18.4 Å². The van der Waals surface area contributed by atoms with Crippen LogP contribution in [-0.4, -0.2) is 56.2 Å². The van der Waals surface area contributed by atoms with Crippen LogP contribution in [0.15, 0.2) is 21.5 Å². The van der Waals surface area contributed by atoms with Gasteiger partial charge in [-0.15, -0.1) is 0 Å². The number of likely N-dealkylation sites (tertiary alicyclic amines) is 1. The first-order valence-electron chi connectivity index (χ1n) is 9.49. The number of piperidine rings is 1. The number of nitrogens with one attached hydrogen (secondary N) is 1. The lowest BCUT2D eigenvalue weighted by atomic mass is 10.1. The van der Waals surface area contributed by atoms with E-state index in [1.54, 1.807) is 4.90 Å². The second-order valence-corrected chi connectivity index (χ2v) is 7.48. The summed E-state index contributed by atoms with van der Waals surface area (Å²) < 4.78 is 33.4. The van der Waals surface area contributed by atoms with Gasteiger partial charge in [0.25, 0.3) is 11.5 Å². The molecule has 2 aromatic heterocycles. The van der Waals surface area contributed by atoms with E-state index >= 15 is 0 Å². The number of alkyl halides is 2. The van der Waals surface area contributed by atoms with Crippen LogP contribution in [0.2, 0.25) is 0 Å². The molecule has 152 valence electrons. The van der Waals surface area contributed by atoms with Gasteiger partial charge in [-0.05, 0) is 6.07 Å². The van der Waals surface area contributed by atoms with Gasteiger partial charge in [-0.25, -0.2) is 8.78 Å². The molecule has 1 amide bonds. The van der Waals surface area contributed by atoms with Gasteiger partial charge in [0, 0.05) is 57.9 Å². The van der Waals surface area contributed by atoms with Crippen LogP contribution < -0.4 is 5.56 Å². The SMILES string of the molecule is O=C(CCc1cc(=O)[nH]o1)N1CCn2nc(CN3CCC(F)(F)CC3)cc2C1. The fourth-order valence-corrected chi connectivity index (χ4v) is 3.72. The molecule has 0 radical (unpaired) electrons. The lowest BCUT2D eigenvalue weighted by molar-refractivity contribution is -0.132. The van der Waals surface area contributed by atoms with Crippen LogP contribution in [0.5, 0.6) is 0 Å². The summed E-state index contributed by atoms with van der Waals surface area (Å²) in [5, 5.41) is 6.78. The van der Waals surface area contributed by atoms with E-state index in [1.165, 1.54) is 6.07 Å². The summed E-state index contributed by atoms with van der Waals surface area (Å²) in [4.78, 5) is 27.3. The largest absolute Gasteiger partial charge is 0.384 e. The molecule has 1 N–H and O–H groups in total. The smallest absolute Gasteiger partial charge is 0.280 e. The maximum Gasteiger partial charge on any atom is 0.280 e. The monoisotopic (exact) mass is 395 g/mol. The minimum atomic E-state index is -2.55. The summed E-state index contributed by atoms with van der Waals surface area (Å²) in [6.07, 6.45) is 0.427. The third-order valence-corrected chi connectivity index (χ3v) is 5.33. The Labute approximate surface area is 160 Å². The highest BCUT2D eigenvalue weighted by molar-refractivity contribution is 5.76. The number of rotatable bonds is 5. The zero-order valence-electron chi connectivity index (χ0n) is 15.5. The minimum absolute atomic E-state index is 0.00360. The Bertz CT molecular complexity index is 893. The van der Waals surface area contributed by atoms with Crippen molar-refractivity contribution in [3.8, 4) is 0 Å². The molecule has 0 spiro atoms. The molecular weight excluding hydrogens is 372 g/mol. The van der Waals surface area contributed by atoms with Crippen molar-refractivity contribution in [3.05, 3.63) is 39.6 Å². The molecule has 0 atom stereocenters. The number of halogens is 2. The van der Waals surface area contributed by atoms with Crippen LogP contribution in [0.25, 0.3) is 0 Å². The minimum Gasteiger partial charge on any atom is -0.384 e. The normalized spacial score (nSPS) is 19.6. The van der Waals surface area contributed by atoms with Gasteiger partial charge >= 0.3 is 0 Å². The zero-order valence-corrected chi connectivity index (χ0v) is 15.5. The highest BCUT2D eigenvalue weighted by Gasteiger charge is 2.34. The zero-order chi connectivity index (χ0) is 19.7. The van der Waals surface area contributed by atoms with Crippen molar-refractivity contribution in [2.24, 2.45) is 0 Å². The Morgan fingerprint density at radius 2 is 2.00 bits per heavy atom. The predicted molar refractivity (Wildman–Crippen MR) is 94.8 cm³/mol. The number of aryl methyl sites for hydroxylation is 1. The van der Waals surface area contributed by atoms with Crippen molar-refractivity contribution in [1.29, 1.82) is 0 Å². The standard InChI is InChI=1S/C18H23F2N5O3/c19-18(20)3-5-23(6-4-18)11-13-9-14-12-24(7-8-25(14)21-13)17(27)2-1-15-10-16(26)22-28-15/h9-10H,1-8,11-12H2,(H,22,26). The molecule has 2 aliphatic heterocycles. The summed E-state index contributed by atoms with van der Waals surface area (Å²) >= 11 is 0. The molecule has 4 rings (SSSR count). The van der Waals surface area contributed by atoms with Gasteiger partial charge in [0.05, 0.1) is 24.5 Å². The Balaban J connectivity index is 1.31. The molecule has 0 aromatic carbocycles. The van der Waals surface area contributed by atoms with Gasteiger partial charge in [-0.2, -0.15) is 10.3 Å². The quantitative estimate of drug-likeness (QED) is 0.826. The van der Waals surface area contributed by atoms with E-state index < -0.39 is 5.92 Å². The van der Waals surface area contributed by atoms with Crippen molar-refractivity contribution in [3.63, 3.8) is 0 Å². The third kappa shape index (κ3) is 4.32. The van der Waals surface area contributed by atoms with Crippen LogP contribution >= 0.6 is 0 Å². The van der Waals surface area contributed by atoms with Crippen molar-refractivity contribution in [1.82, 2.24) is 24.7 Å². The first-order chi connectivity index (χ1) is 13.4. The highest BCUT2D eigenvalue weighted by atomic mass is 19.3. The van der Waals surface area contributed by atoms with Crippen molar-refractivity contribution in [2.45, 2.75) is 51.2 Å². The number of hydrogen-bond acceptors (Lipinski definition) is 5. The number of nitrogens with zero attached hydrogens (tertiary/aromatic N) is 4. The molecule has 4 heterocycles.